The second kappa shape index (κ2) is 6.95. The second-order valence-electron chi connectivity index (χ2n) is 7.96. The fourth-order valence-electron chi connectivity index (χ4n) is 3.03. The number of hydrogen-bond acceptors (Lipinski definition) is 4. The summed E-state index contributed by atoms with van der Waals surface area (Å²) >= 11 is 0. The molecule has 6 heteroatoms. The van der Waals surface area contributed by atoms with Gasteiger partial charge in [0.15, 0.2) is 5.65 Å². The first kappa shape index (κ1) is 18.8. The Labute approximate surface area is 158 Å². The summed E-state index contributed by atoms with van der Waals surface area (Å²) in [5.74, 6) is 0.542. The predicted octanol–water partition coefficient (Wildman–Crippen LogP) is 3.77. The Kier molecular flexibility index (Phi) is 4.83. The summed E-state index contributed by atoms with van der Waals surface area (Å²) in [7, 11) is 0. The molecule has 3 aromatic rings. The standard InChI is InChI=1S/C21H24N4O2/c1-13-11-15(8-9-17(13)24-18(26)12-21(3,4)5)25-14(2)23-19-16(20(25)27)7-6-10-22-19/h6-11H,12H2,1-5H3,(H,24,26). The molecular weight excluding hydrogens is 340 g/mol. The van der Waals surface area contributed by atoms with Gasteiger partial charge in [0.25, 0.3) is 5.56 Å². The first-order valence-electron chi connectivity index (χ1n) is 8.91. The first-order chi connectivity index (χ1) is 12.7. The average Bonchev–Trinajstić information content (AvgIpc) is 2.55. The maximum absolute atomic E-state index is 12.9. The van der Waals surface area contributed by atoms with Crippen LogP contribution in [0.2, 0.25) is 0 Å². The van der Waals surface area contributed by atoms with Crippen LogP contribution in [0.15, 0.2) is 41.3 Å². The highest BCUT2D eigenvalue weighted by atomic mass is 16.1. The van der Waals surface area contributed by atoms with E-state index in [9.17, 15) is 9.59 Å². The molecule has 0 saturated heterocycles. The number of benzene rings is 1. The number of carbonyl (C=O) groups excluding carboxylic acids is 1. The smallest absolute Gasteiger partial charge is 0.267 e. The van der Waals surface area contributed by atoms with Gasteiger partial charge in [-0.2, -0.15) is 0 Å². The van der Waals surface area contributed by atoms with Crippen LogP contribution in [0.3, 0.4) is 0 Å². The van der Waals surface area contributed by atoms with Crippen LogP contribution < -0.4 is 10.9 Å². The van der Waals surface area contributed by atoms with Crippen molar-refractivity contribution in [2.45, 2.75) is 41.0 Å². The second-order valence-corrected chi connectivity index (χ2v) is 7.96. The maximum Gasteiger partial charge on any atom is 0.267 e. The van der Waals surface area contributed by atoms with Gasteiger partial charge in [-0.25, -0.2) is 9.97 Å². The molecule has 2 heterocycles. The molecule has 1 N–H and O–H groups in total. The molecule has 0 spiro atoms. The Bertz CT molecular complexity index is 1080. The number of nitrogens with zero attached hydrogens (tertiary/aromatic N) is 3. The number of fused-ring (bicyclic) bond motifs is 1. The van der Waals surface area contributed by atoms with Gasteiger partial charge in [-0.3, -0.25) is 14.2 Å². The van der Waals surface area contributed by atoms with Crippen molar-refractivity contribution in [1.29, 1.82) is 0 Å². The van der Waals surface area contributed by atoms with Crippen LogP contribution in [-0.4, -0.2) is 20.4 Å². The number of amides is 1. The zero-order valence-corrected chi connectivity index (χ0v) is 16.3. The Hall–Kier alpha value is -3.02. The molecule has 0 aliphatic rings. The first-order valence-corrected chi connectivity index (χ1v) is 8.91. The van der Waals surface area contributed by atoms with Crippen LogP contribution in [0.4, 0.5) is 5.69 Å². The minimum absolute atomic E-state index is 0.0230. The van der Waals surface area contributed by atoms with Gasteiger partial charge in [0.05, 0.1) is 11.1 Å². The Morgan fingerprint density at radius 3 is 2.59 bits per heavy atom. The fourth-order valence-corrected chi connectivity index (χ4v) is 3.03. The SMILES string of the molecule is Cc1cc(-n2c(C)nc3ncccc3c2=O)ccc1NC(=O)CC(C)(C)C. The van der Waals surface area contributed by atoms with E-state index in [0.29, 0.717) is 29.0 Å². The van der Waals surface area contributed by atoms with Crippen molar-refractivity contribution in [2.24, 2.45) is 5.41 Å². The highest BCUT2D eigenvalue weighted by molar-refractivity contribution is 5.92. The van der Waals surface area contributed by atoms with Crippen LogP contribution in [0.5, 0.6) is 0 Å². The van der Waals surface area contributed by atoms with Gasteiger partial charge in [-0.05, 0) is 55.2 Å². The van der Waals surface area contributed by atoms with Crippen molar-refractivity contribution in [3.8, 4) is 5.69 Å². The number of pyridine rings is 1. The summed E-state index contributed by atoms with van der Waals surface area (Å²) in [5.41, 5.74) is 2.55. The van der Waals surface area contributed by atoms with E-state index in [1.54, 1.807) is 29.8 Å². The fraction of sp³-hybridized carbons (Fsp3) is 0.333. The number of carbonyl (C=O) groups is 1. The molecule has 0 unspecified atom stereocenters. The quantitative estimate of drug-likeness (QED) is 0.767. The van der Waals surface area contributed by atoms with Gasteiger partial charge in [-0.1, -0.05) is 20.8 Å². The van der Waals surface area contributed by atoms with Gasteiger partial charge >= 0.3 is 0 Å². The average molecular weight is 364 g/mol. The van der Waals surface area contributed by atoms with E-state index in [0.717, 1.165) is 11.3 Å². The third-order valence-electron chi connectivity index (χ3n) is 4.24. The Morgan fingerprint density at radius 1 is 1.19 bits per heavy atom. The van der Waals surface area contributed by atoms with Gasteiger partial charge in [0, 0.05) is 18.3 Å². The van der Waals surface area contributed by atoms with Crippen molar-refractivity contribution < 1.29 is 4.79 Å². The number of rotatable bonds is 3. The number of aryl methyl sites for hydroxylation is 2. The van der Waals surface area contributed by atoms with E-state index >= 15 is 0 Å². The summed E-state index contributed by atoms with van der Waals surface area (Å²) in [6, 6.07) is 8.97. The van der Waals surface area contributed by atoms with Crippen molar-refractivity contribution in [1.82, 2.24) is 14.5 Å². The van der Waals surface area contributed by atoms with E-state index in [1.165, 1.54) is 0 Å². The summed E-state index contributed by atoms with van der Waals surface area (Å²) in [4.78, 5) is 33.7. The van der Waals surface area contributed by atoms with E-state index in [4.69, 9.17) is 0 Å². The lowest BCUT2D eigenvalue weighted by Gasteiger charge is -2.18. The van der Waals surface area contributed by atoms with Crippen LogP contribution in [0.1, 0.15) is 38.6 Å². The molecule has 140 valence electrons. The molecule has 0 aliphatic carbocycles. The lowest BCUT2D eigenvalue weighted by molar-refractivity contribution is -0.117. The van der Waals surface area contributed by atoms with E-state index in [1.807, 2.05) is 45.9 Å². The highest BCUT2D eigenvalue weighted by Gasteiger charge is 2.17. The molecule has 27 heavy (non-hydrogen) atoms. The zero-order chi connectivity index (χ0) is 19.8. The van der Waals surface area contributed by atoms with Crippen molar-refractivity contribution in [3.05, 3.63) is 58.3 Å². The largest absolute Gasteiger partial charge is 0.326 e. The molecule has 0 saturated carbocycles. The van der Waals surface area contributed by atoms with E-state index in [-0.39, 0.29) is 16.9 Å². The van der Waals surface area contributed by atoms with E-state index < -0.39 is 0 Å². The van der Waals surface area contributed by atoms with Crippen molar-refractivity contribution in [3.63, 3.8) is 0 Å². The van der Waals surface area contributed by atoms with Crippen molar-refractivity contribution >= 4 is 22.6 Å². The third kappa shape index (κ3) is 4.05. The third-order valence-corrected chi connectivity index (χ3v) is 4.24. The summed E-state index contributed by atoms with van der Waals surface area (Å²) < 4.78 is 1.57. The minimum atomic E-state index is -0.158. The molecule has 1 aromatic carbocycles. The van der Waals surface area contributed by atoms with Crippen LogP contribution >= 0.6 is 0 Å². The van der Waals surface area contributed by atoms with E-state index in [2.05, 4.69) is 15.3 Å². The number of aromatic nitrogens is 3. The number of nitrogens with one attached hydrogen (secondary N) is 1. The number of anilines is 1. The van der Waals surface area contributed by atoms with Crippen LogP contribution in [0, 0.1) is 19.3 Å². The lowest BCUT2D eigenvalue weighted by Crippen LogP contribution is -2.23. The predicted molar refractivity (Wildman–Crippen MR) is 107 cm³/mol. The monoisotopic (exact) mass is 364 g/mol. The maximum atomic E-state index is 12.9. The van der Waals surface area contributed by atoms with Gasteiger partial charge < -0.3 is 5.32 Å². The zero-order valence-electron chi connectivity index (χ0n) is 16.3. The molecule has 6 nitrogen and oxygen atoms in total. The summed E-state index contributed by atoms with van der Waals surface area (Å²) in [5, 5.41) is 3.43. The Balaban J connectivity index is 1.98. The normalized spacial score (nSPS) is 11.6. The lowest BCUT2D eigenvalue weighted by atomic mass is 9.92. The van der Waals surface area contributed by atoms with Gasteiger partial charge in [-0.15, -0.1) is 0 Å². The molecule has 0 atom stereocenters. The van der Waals surface area contributed by atoms with Crippen molar-refractivity contribution in [2.75, 3.05) is 5.32 Å². The highest BCUT2D eigenvalue weighted by Crippen LogP contribution is 2.23. The molecule has 0 aliphatic heterocycles. The number of hydrogen-bond donors (Lipinski definition) is 1. The molecule has 0 bridgehead atoms. The van der Waals surface area contributed by atoms with Crippen LogP contribution in [0.25, 0.3) is 16.7 Å². The minimum Gasteiger partial charge on any atom is -0.326 e. The molecule has 0 fully saturated rings. The van der Waals surface area contributed by atoms with Crippen LogP contribution in [-0.2, 0) is 4.79 Å². The molecule has 0 radical (unpaired) electrons. The Morgan fingerprint density at radius 2 is 1.93 bits per heavy atom. The molecule has 2 aromatic heterocycles. The molecule has 1 amide bonds. The topological polar surface area (TPSA) is 76.9 Å². The van der Waals surface area contributed by atoms with Gasteiger partial charge in [0.2, 0.25) is 5.91 Å². The molecular formula is C21H24N4O2. The summed E-state index contributed by atoms with van der Waals surface area (Å²) in [6.45, 7) is 9.77. The summed E-state index contributed by atoms with van der Waals surface area (Å²) in [6.07, 6.45) is 2.06. The van der Waals surface area contributed by atoms with Gasteiger partial charge in [0.1, 0.15) is 5.82 Å². The molecule has 3 rings (SSSR count).